The van der Waals surface area contributed by atoms with Gasteiger partial charge in [0.05, 0.1) is 12.7 Å². The van der Waals surface area contributed by atoms with E-state index >= 15 is 0 Å². The summed E-state index contributed by atoms with van der Waals surface area (Å²) in [7, 11) is 0. The lowest BCUT2D eigenvalue weighted by Crippen LogP contribution is -2.66. The van der Waals surface area contributed by atoms with E-state index in [1.807, 2.05) is 0 Å². The number of rotatable bonds is 3. The van der Waals surface area contributed by atoms with Crippen LogP contribution in [0.15, 0.2) is 0 Å². The topological polar surface area (TPSA) is 120 Å². The van der Waals surface area contributed by atoms with Crippen LogP contribution in [0.2, 0.25) is 0 Å². The van der Waals surface area contributed by atoms with E-state index in [2.05, 4.69) is 0 Å². The molecular formula is C9H18O7. The molecule has 0 amide bonds. The molecule has 1 fully saturated rings. The molecule has 0 bridgehead atoms. The third-order valence-corrected chi connectivity index (χ3v) is 2.33. The number of aliphatic hydroxyl groups excluding tert-OH is 4. The van der Waals surface area contributed by atoms with Gasteiger partial charge in [-0.05, 0) is 13.8 Å². The minimum Gasteiger partial charge on any atom is -0.394 e. The molecule has 1 saturated heterocycles. The summed E-state index contributed by atoms with van der Waals surface area (Å²) in [6.07, 6.45) is -6.65. The third-order valence-electron chi connectivity index (χ3n) is 2.33. The molecule has 0 aliphatic carbocycles. The summed E-state index contributed by atoms with van der Waals surface area (Å²) in [4.78, 5) is 0. The quantitative estimate of drug-likeness (QED) is 0.346. The van der Waals surface area contributed by atoms with Gasteiger partial charge in [0.25, 0.3) is 0 Å². The summed E-state index contributed by atoms with van der Waals surface area (Å²) < 4.78 is 9.80. The summed E-state index contributed by atoms with van der Waals surface area (Å²) in [5.41, 5.74) is 0. The molecule has 1 aliphatic rings. The lowest BCUT2D eigenvalue weighted by molar-refractivity contribution is -0.455. The first-order chi connectivity index (χ1) is 7.31. The van der Waals surface area contributed by atoms with Gasteiger partial charge in [-0.15, -0.1) is 0 Å². The molecule has 0 aromatic rings. The summed E-state index contributed by atoms with van der Waals surface area (Å²) in [6.45, 7) is 2.58. The van der Waals surface area contributed by atoms with Crippen molar-refractivity contribution in [3.05, 3.63) is 0 Å². The molecule has 0 aromatic carbocycles. The van der Waals surface area contributed by atoms with Gasteiger partial charge in [-0.1, -0.05) is 0 Å². The van der Waals surface area contributed by atoms with E-state index in [1.165, 1.54) is 0 Å². The second-order valence-corrected chi connectivity index (χ2v) is 4.06. The van der Waals surface area contributed by atoms with Crippen molar-refractivity contribution in [3.63, 3.8) is 0 Å². The smallest absolute Gasteiger partial charge is 0.311 e. The Balaban J connectivity index is 2.85. The Kier molecular flexibility index (Phi) is 4.24. The first kappa shape index (κ1) is 13.8. The van der Waals surface area contributed by atoms with Crippen molar-refractivity contribution in [3.8, 4) is 0 Å². The van der Waals surface area contributed by atoms with Crippen LogP contribution in [-0.2, 0) is 9.47 Å². The zero-order valence-corrected chi connectivity index (χ0v) is 9.15. The fraction of sp³-hybridized carbons (Fsp3) is 1.00. The average Bonchev–Trinajstić information content (AvgIpc) is 2.20. The number of hydrogen-bond acceptors (Lipinski definition) is 7. The van der Waals surface area contributed by atoms with Gasteiger partial charge < -0.3 is 35.0 Å². The van der Waals surface area contributed by atoms with Crippen molar-refractivity contribution in [2.45, 2.75) is 50.3 Å². The highest BCUT2D eigenvalue weighted by atomic mass is 16.8. The maximum atomic E-state index is 9.82. The molecular weight excluding hydrogens is 220 g/mol. The van der Waals surface area contributed by atoms with E-state index in [9.17, 15) is 20.4 Å². The van der Waals surface area contributed by atoms with Gasteiger partial charge in [-0.25, -0.2) is 0 Å². The maximum absolute atomic E-state index is 9.82. The minimum atomic E-state index is -2.43. The zero-order chi connectivity index (χ0) is 12.5. The van der Waals surface area contributed by atoms with Gasteiger partial charge in [0.2, 0.25) is 0 Å². The van der Waals surface area contributed by atoms with Crippen LogP contribution in [0.1, 0.15) is 13.8 Å². The number of aliphatic hydroxyl groups is 5. The highest BCUT2D eigenvalue weighted by Gasteiger charge is 2.54. The Bertz CT molecular complexity index is 232. The van der Waals surface area contributed by atoms with Crippen molar-refractivity contribution in [2.75, 3.05) is 6.61 Å². The van der Waals surface area contributed by atoms with Crippen molar-refractivity contribution in [2.24, 2.45) is 0 Å². The van der Waals surface area contributed by atoms with Crippen LogP contribution in [0.25, 0.3) is 0 Å². The van der Waals surface area contributed by atoms with Crippen LogP contribution in [0, 0.1) is 0 Å². The van der Waals surface area contributed by atoms with Gasteiger partial charge in [-0.3, -0.25) is 0 Å². The molecule has 16 heavy (non-hydrogen) atoms. The summed E-state index contributed by atoms with van der Waals surface area (Å²) in [5, 5.41) is 47.1. The predicted molar refractivity (Wildman–Crippen MR) is 51.2 cm³/mol. The zero-order valence-electron chi connectivity index (χ0n) is 9.15. The summed E-state index contributed by atoms with van der Waals surface area (Å²) in [6, 6.07) is 0. The maximum Gasteiger partial charge on any atom is 0.311 e. The number of ether oxygens (including phenoxy) is 2. The van der Waals surface area contributed by atoms with Crippen molar-refractivity contribution < 1.29 is 35.0 Å². The molecule has 5 N–H and O–H groups in total. The van der Waals surface area contributed by atoms with E-state index < -0.39 is 43.1 Å². The van der Waals surface area contributed by atoms with Crippen molar-refractivity contribution in [1.29, 1.82) is 0 Å². The van der Waals surface area contributed by atoms with E-state index in [1.54, 1.807) is 13.8 Å². The predicted octanol–water partition coefficient (Wildman–Crippen LogP) is -2.47. The number of hydrogen-bond donors (Lipinski definition) is 5. The Morgan fingerprint density at radius 3 is 2.25 bits per heavy atom. The first-order valence-electron chi connectivity index (χ1n) is 5.05. The third kappa shape index (κ3) is 2.51. The van der Waals surface area contributed by atoms with E-state index in [0.29, 0.717) is 0 Å². The molecule has 1 aliphatic heterocycles. The van der Waals surface area contributed by atoms with Crippen LogP contribution in [0.5, 0.6) is 0 Å². The molecule has 1 rings (SSSR count). The largest absolute Gasteiger partial charge is 0.394 e. The fourth-order valence-corrected chi connectivity index (χ4v) is 1.56. The summed E-state index contributed by atoms with van der Waals surface area (Å²) >= 11 is 0. The Hall–Kier alpha value is -0.280. The monoisotopic (exact) mass is 238 g/mol. The molecule has 7 heteroatoms. The van der Waals surface area contributed by atoms with Crippen molar-refractivity contribution in [1.82, 2.24) is 0 Å². The molecule has 0 radical (unpaired) electrons. The lowest BCUT2D eigenvalue weighted by atomic mass is 9.98. The Morgan fingerprint density at radius 2 is 1.81 bits per heavy atom. The normalized spacial score (nSPS) is 45.0. The second kappa shape index (κ2) is 4.92. The Morgan fingerprint density at radius 1 is 1.25 bits per heavy atom. The molecule has 0 saturated carbocycles. The molecule has 5 atom stereocenters. The van der Waals surface area contributed by atoms with Gasteiger partial charge >= 0.3 is 5.97 Å². The molecule has 0 aromatic heterocycles. The highest BCUT2D eigenvalue weighted by molar-refractivity contribution is 4.92. The molecule has 0 spiro atoms. The highest BCUT2D eigenvalue weighted by Crippen LogP contribution is 2.29. The van der Waals surface area contributed by atoms with Crippen LogP contribution in [-0.4, -0.2) is 68.6 Å². The standard InChI is InChI=1S/C9H18O7/c1-4(2)15-9(14)8(13)7(12)6(11)5(3-10)16-9/h4-8,10-14H,3H2,1-2H3/t5?,6-,7?,8?,9-/m1/s1. The second-order valence-electron chi connectivity index (χ2n) is 4.06. The van der Waals surface area contributed by atoms with Gasteiger partial charge in [0.15, 0.2) is 6.10 Å². The van der Waals surface area contributed by atoms with Gasteiger partial charge in [-0.2, -0.15) is 0 Å². The van der Waals surface area contributed by atoms with E-state index in [0.717, 1.165) is 0 Å². The fourth-order valence-electron chi connectivity index (χ4n) is 1.56. The molecule has 3 unspecified atom stereocenters. The van der Waals surface area contributed by atoms with E-state index in [-0.39, 0.29) is 0 Å². The van der Waals surface area contributed by atoms with Crippen molar-refractivity contribution >= 4 is 0 Å². The van der Waals surface area contributed by atoms with Crippen LogP contribution < -0.4 is 0 Å². The minimum absolute atomic E-state index is 0.471. The first-order valence-corrected chi connectivity index (χ1v) is 5.05. The van der Waals surface area contributed by atoms with E-state index in [4.69, 9.17) is 14.6 Å². The molecule has 96 valence electrons. The Labute approximate surface area is 92.9 Å². The lowest BCUT2D eigenvalue weighted by Gasteiger charge is -2.45. The van der Waals surface area contributed by atoms with Crippen LogP contribution in [0.3, 0.4) is 0 Å². The molecule has 7 nitrogen and oxygen atoms in total. The van der Waals surface area contributed by atoms with Gasteiger partial charge in [0, 0.05) is 0 Å². The SMILES string of the molecule is CC(C)O[C@@]1(O)OC(CO)[C@@H](O)C(O)C1O. The molecule has 1 heterocycles. The van der Waals surface area contributed by atoms with Crippen LogP contribution >= 0.6 is 0 Å². The average molecular weight is 238 g/mol. The van der Waals surface area contributed by atoms with Crippen LogP contribution in [0.4, 0.5) is 0 Å². The summed E-state index contributed by atoms with van der Waals surface area (Å²) in [5.74, 6) is -2.43. The van der Waals surface area contributed by atoms with Gasteiger partial charge in [0.1, 0.15) is 18.3 Å².